The van der Waals surface area contributed by atoms with Gasteiger partial charge in [0.05, 0.1) is 0 Å². The summed E-state index contributed by atoms with van der Waals surface area (Å²) in [4.78, 5) is 18.9. The van der Waals surface area contributed by atoms with E-state index in [4.69, 9.17) is 0 Å². The van der Waals surface area contributed by atoms with Crippen molar-refractivity contribution in [3.8, 4) is 0 Å². The Hall–Kier alpha value is -2.12. The molecule has 2 aromatic rings. The van der Waals surface area contributed by atoms with Gasteiger partial charge in [-0.15, -0.1) is 0 Å². The predicted molar refractivity (Wildman–Crippen MR) is 93.6 cm³/mol. The van der Waals surface area contributed by atoms with Gasteiger partial charge in [0.1, 0.15) is 5.69 Å². The summed E-state index contributed by atoms with van der Waals surface area (Å²) < 4.78 is 41.6. The van der Waals surface area contributed by atoms with Crippen molar-refractivity contribution in [3.63, 3.8) is 0 Å². The molecule has 1 saturated carbocycles. The maximum absolute atomic E-state index is 13.6. The summed E-state index contributed by atoms with van der Waals surface area (Å²) in [5.41, 5.74) is -0.256. The molecular weight excluding hydrogens is 357 g/mol. The number of alkyl halides is 3. The second kappa shape index (κ2) is 7.13. The largest absolute Gasteiger partial charge is 0.433 e. The Morgan fingerprint density at radius 1 is 1.00 bits per heavy atom. The third kappa shape index (κ3) is 3.66. The summed E-state index contributed by atoms with van der Waals surface area (Å²) in [7, 11) is 0. The summed E-state index contributed by atoms with van der Waals surface area (Å²) in [5, 5.41) is 4.00. The number of hydrogen-bond donors (Lipinski definition) is 0. The standard InChI is InChI=1S/C19H23F3N4O/c20-19(21,22)16-11-14(13-7-3-4-8-13)23-17-12-15(24-26(16)17)18(27)25-9-5-1-2-6-10-25/h11-13H,1-10H2. The van der Waals surface area contributed by atoms with Gasteiger partial charge in [-0.2, -0.15) is 18.3 Å². The van der Waals surface area contributed by atoms with E-state index in [9.17, 15) is 18.0 Å². The minimum atomic E-state index is -4.55. The normalized spacial score (nSPS) is 19.6. The molecule has 2 fully saturated rings. The Morgan fingerprint density at radius 3 is 2.30 bits per heavy atom. The van der Waals surface area contributed by atoms with Crippen LogP contribution in [-0.2, 0) is 6.18 Å². The molecule has 0 unspecified atom stereocenters. The van der Waals surface area contributed by atoms with E-state index in [1.807, 2.05) is 0 Å². The lowest BCUT2D eigenvalue weighted by Gasteiger charge is -2.18. The van der Waals surface area contributed by atoms with Crippen molar-refractivity contribution >= 4 is 11.6 Å². The first-order valence-corrected chi connectivity index (χ1v) is 9.71. The number of rotatable bonds is 2. The molecule has 0 bridgehead atoms. The van der Waals surface area contributed by atoms with Gasteiger partial charge in [0.25, 0.3) is 5.91 Å². The fourth-order valence-electron chi connectivity index (χ4n) is 4.17. The Bertz CT molecular complexity index is 831. The van der Waals surface area contributed by atoms with Crippen molar-refractivity contribution in [1.82, 2.24) is 19.5 Å². The second-order valence-corrected chi connectivity index (χ2v) is 7.55. The van der Waals surface area contributed by atoms with Gasteiger partial charge in [0.15, 0.2) is 11.3 Å². The van der Waals surface area contributed by atoms with Crippen molar-refractivity contribution in [2.75, 3.05) is 13.1 Å². The van der Waals surface area contributed by atoms with E-state index in [1.165, 1.54) is 6.07 Å². The molecule has 27 heavy (non-hydrogen) atoms. The van der Waals surface area contributed by atoms with Crippen molar-refractivity contribution in [2.45, 2.75) is 63.5 Å². The molecule has 0 spiro atoms. The highest BCUT2D eigenvalue weighted by Gasteiger charge is 2.36. The second-order valence-electron chi connectivity index (χ2n) is 7.55. The molecule has 1 amide bonds. The lowest BCUT2D eigenvalue weighted by atomic mass is 10.0. The molecular formula is C19H23F3N4O. The first-order chi connectivity index (χ1) is 12.9. The molecule has 8 heteroatoms. The fourth-order valence-corrected chi connectivity index (χ4v) is 4.17. The van der Waals surface area contributed by atoms with Crippen LogP contribution in [0.2, 0.25) is 0 Å². The number of amides is 1. The average molecular weight is 380 g/mol. The number of aromatic nitrogens is 3. The van der Waals surface area contributed by atoms with E-state index in [0.29, 0.717) is 18.8 Å². The summed E-state index contributed by atoms with van der Waals surface area (Å²) >= 11 is 0. The molecule has 1 aliphatic heterocycles. The van der Waals surface area contributed by atoms with Crippen LogP contribution >= 0.6 is 0 Å². The van der Waals surface area contributed by atoms with Crippen LogP contribution in [0.15, 0.2) is 12.1 Å². The Balaban J connectivity index is 1.74. The molecule has 0 atom stereocenters. The number of fused-ring (bicyclic) bond motifs is 1. The molecule has 1 saturated heterocycles. The van der Waals surface area contributed by atoms with Gasteiger partial charge in [-0.05, 0) is 31.7 Å². The van der Waals surface area contributed by atoms with Crippen LogP contribution in [0.25, 0.3) is 5.65 Å². The maximum Gasteiger partial charge on any atom is 0.433 e. The number of nitrogens with zero attached hydrogens (tertiary/aromatic N) is 4. The maximum atomic E-state index is 13.6. The van der Waals surface area contributed by atoms with Crippen LogP contribution < -0.4 is 0 Å². The van der Waals surface area contributed by atoms with E-state index >= 15 is 0 Å². The van der Waals surface area contributed by atoms with Crippen LogP contribution in [0.5, 0.6) is 0 Å². The van der Waals surface area contributed by atoms with E-state index in [-0.39, 0.29) is 23.2 Å². The van der Waals surface area contributed by atoms with Crippen molar-refractivity contribution in [2.24, 2.45) is 0 Å². The quantitative estimate of drug-likeness (QED) is 0.775. The number of carbonyl (C=O) groups excluding carboxylic acids is 1. The zero-order valence-electron chi connectivity index (χ0n) is 15.1. The smallest absolute Gasteiger partial charge is 0.337 e. The van der Waals surface area contributed by atoms with Crippen LogP contribution in [0.1, 0.15) is 79.2 Å². The van der Waals surface area contributed by atoms with Crippen LogP contribution in [0.3, 0.4) is 0 Å². The fraction of sp³-hybridized carbons (Fsp3) is 0.632. The zero-order valence-corrected chi connectivity index (χ0v) is 15.1. The average Bonchev–Trinajstić information content (AvgIpc) is 3.23. The number of halogens is 3. The summed E-state index contributed by atoms with van der Waals surface area (Å²) in [5.74, 6) is -0.256. The lowest BCUT2D eigenvalue weighted by molar-refractivity contribution is -0.142. The number of likely N-dealkylation sites (tertiary alicyclic amines) is 1. The third-order valence-electron chi connectivity index (χ3n) is 5.62. The van der Waals surface area contributed by atoms with E-state index in [0.717, 1.165) is 61.9 Å². The van der Waals surface area contributed by atoms with Crippen molar-refractivity contribution in [3.05, 3.63) is 29.2 Å². The van der Waals surface area contributed by atoms with Gasteiger partial charge < -0.3 is 4.90 Å². The van der Waals surface area contributed by atoms with Gasteiger partial charge in [-0.3, -0.25) is 4.79 Å². The van der Waals surface area contributed by atoms with Gasteiger partial charge in [-0.1, -0.05) is 25.7 Å². The van der Waals surface area contributed by atoms with Gasteiger partial charge >= 0.3 is 6.18 Å². The molecule has 2 aromatic heterocycles. The molecule has 0 aromatic carbocycles. The van der Waals surface area contributed by atoms with Crippen LogP contribution in [0.4, 0.5) is 13.2 Å². The monoisotopic (exact) mass is 380 g/mol. The summed E-state index contributed by atoms with van der Waals surface area (Å²) in [6.07, 6.45) is 3.15. The molecule has 2 aliphatic rings. The molecule has 0 radical (unpaired) electrons. The topological polar surface area (TPSA) is 50.5 Å². The number of carbonyl (C=O) groups is 1. The van der Waals surface area contributed by atoms with Crippen molar-refractivity contribution < 1.29 is 18.0 Å². The van der Waals surface area contributed by atoms with Crippen LogP contribution in [-0.4, -0.2) is 38.5 Å². The van der Waals surface area contributed by atoms with Gasteiger partial charge in [0.2, 0.25) is 0 Å². The molecule has 0 N–H and O–H groups in total. The predicted octanol–water partition coefficient (Wildman–Crippen LogP) is 4.42. The number of hydrogen-bond acceptors (Lipinski definition) is 3. The van der Waals surface area contributed by atoms with E-state index < -0.39 is 11.9 Å². The molecule has 5 nitrogen and oxygen atoms in total. The Labute approximate surface area is 155 Å². The highest BCUT2D eigenvalue weighted by atomic mass is 19.4. The summed E-state index contributed by atoms with van der Waals surface area (Å²) in [6, 6.07) is 2.51. The zero-order chi connectivity index (χ0) is 19.0. The van der Waals surface area contributed by atoms with Gasteiger partial charge in [-0.25, -0.2) is 9.50 Å². The molecule has 1 aliphatic carbocycles. The van der Waals surface area contributed by atoms with Crippen LogP contribution in [0, 0.1) is 0 Å². The SMILES string of the molecule is O=C(c1cc2nc(C3CCCC3)cc(C(F)(F)F)n2n1)N1CCCCCC1. The molecule has 4 rings (SSSR count). The molecule has 146 valence electrons. The first kappa shape index (κ1) is 18.3. The van der Waals surface area contributed by atoms with E-state index in [2.05, 4.69) is 10.1 Å². The Kier molecular flexibility index (Phi) is 4.82. The lowest BCUT2D eigenvalue weighted by Crippen LogP contribution is -2.32. The van der Waals surface area contributed by atoms with E-state index in [1.54, 1.807) is 4.90 Å². The van der Waals surface area contributed by atoms with Gasteiger partial charge in [0, 0.05) is 30.8 Å². The summed E-state index contributed by atoms with van der Waals surface area (Å²) in [6.45, 7) is 1.25. The third-order valence-corrected chi connectivity index (χ3v) is 5.62. The minimum absolute atomic E-state index is 0.0403. The minimum Gasteiger partial charge on any atom is -0.337 e. The first-order valence-electron chi connectivity index (χ1n) is 9.71. The molecule has 3 heterocycles. The highest BCUT2D eigenvalue weighted by Crippen LogP contribution is 2.37. The highest BCUT2D eigenvalue weighted by molar-refractivity contribution is 5.93. The Morgan fingerprint density at radius 2 is 1.67 bits per heavy atom. The van der Waals surface area contributed by atoms with Crippen molar-refractivity contribution in [1.29, 1.82) is 0 Å².